The SMILES string of the molecule is CC(=Nc1c(C)c(-c2cc(C)cc(C)c2)c2ccccc2c1-c1cc(C)cc(C)c1)c1ccc(/C=C/c2ccc(C)cc2)cc1. The number of benzene rings is 6. The highest BCUT2D eigenvalue weighted by atomic mass is 14.8. The van der Waals surface area contributed by atoms with Crippen LogP contribution in [0.15, 0.2) is 114 Å². The molecule has 0 bridgehead atoms. The van der Waals surface area contributed by atoms with E-state index >= 15 is 0 Å². The van der Waals surface area contributed by atoms with Crippen molar-refractivity contribution in [3.05, 3.63) is 159 Å². The van der Waals surface area contributed by atoms with Gasteiger partial charge in [-0.05, 0) is 98.2 Å². The van der Waals surface area contributed by atoms with Crippen LogP contribution in [-0.2, 0) is 0 Å². The monoisotopic (exact) mass is 583 g/mol. The van der Waals surface area contributed by atoms with Crippen LogP contribution in [0.1, 0.15) is 57.0 Å². The van der Waals surface area contributed by atoms with Crippen LogP contribution in [0.2, 0.25) is 0 Å². The molecule has 0 amide bonds. The van der Waals surface area contributed by atoms with Gasteiger partial charge >= 0.3 is 0 Å². The lowest BCUT2D eigenvalue weighted by Gasteiger charge is -2.21. The van der Waals surface area contributed by atoms with Crippen LogP contribution < -0.4 is 0 Å². The third-order valence-corrected chi connectivity index (χ3v) is 8.61. The van der Waals surface area contributed by atoms with Crippen molar-refractivity contribution < 1.29 is 0 Å². The normalized spacial score (nSPS) is 11.9. The van der Waals surface area contributed by atoms with Gasteiger partial charge < -0.3 is 0 Å². The Morgan fingerprint density at radius 3 is 1.44 bits per heavy atom. The number of hydrogen-bond acceptors (Lipinski definition) is 1. The van der Waals surface area contributed by atoms with Crippen molar-refractivity contribution in [3.63, 3.8) is 0 Å². The lowest BCUT2D eigenvalue weighted by atomic mass is 9.85. The Balaban J connectivity index is 1.53. The van der Waals surface area contributed by atoms with Crippen LogP contribution in [0.5, 0.6) is 0 Å². The van der Waals surface area contributed by atoms with Gasteiger partial charge in [0.15, 0.2) is 0 Å². The van der Waals surface area contributed by atoms with Crippen molar-refractivity contribution >= 4 is 34.3 Å². The highest BCUT2D eigenvalue weighted by Gasteiger charge is 2.20. The summed E-state index contributed by atoms with van der Waals surface area (Å²) in [6.07, 6.45) is 4.33. The molecule has 6 aromatic carbocycles. The fourth-order valence-corrected chi connectivity index (χ4v) is 6.53. The molecule has 0 N–H and O–H groups in total. The minimum Gasteiger partial charge on any atom is -0.252 e. The zero-order chi connectivity index (χ0) is 31.7. The van der Waals surface area contributed by atoms with E-state index in [9.17, 15) is 0 Å². The Kier molecular flexibility index (Phi) is 8.37. The molecule has 0 aromatic heterocycles. The maximum absolute atomic E-state index is 5.48. The number of fused-ring (bicyclic) bond motifs is 1. The first-order chi connectivity index (χ1) is 21.7. The van der Waals surface area contributed by atoms with Gasteiger partial charge in [-0.3, -0.25) is 4.99 Å². The fourth-order valence-electron chi connectivity index (χ4n) is 6.53. The van der Waals surface area contributed by atoms with Gasteiger partial charge in [-0.15, -0.1) is 0 Å². The van der Waals surface area contributed by atoms with Crippen molar-refractivity contribution in [2.45, 2.75) is 48.5 Å². The first kappa shape index (κ1) is 30.0. The Labute approximate surface area is 268 Å². The summed E-state index contributed by atoms with van der Waals surface area (Å²) >= 11 is 0. The zero-order valence-corrected chi connectivity index (χ0v) is 27.5. The van der Waals surface area contributed by atoms with Gasteiger partial charge in [-0.1, -0.05) is 149 Å². The Hall–Kier alpha value is -5.01. The van der Waals surface area contributed by atoms with Crippen molar-refractivity contribution in [2.24, 2.45) is 4.99 Å². The first-order valence-corrected chi connectivity index (χ1v) is 15.8. The van der Waals surface area contributed by atoms with Gasteiger partial charge in [-0.25, -0.2) is 0 Å². The first-order valence-electron chi connectivity index (χ1n) is 15.8. The number of aryl methyl sites for hydroxylation is 5. The van der Waals surface area contributed by atoms with E-state index in [1.165, 1.54) is 77.5 Å². The second-order valence-corrected chi connectivity index (χ2v) is 12.6. The van der Waals surface area contributed by atoms with E-state index in [1.807, 2.05) is 0 Å². The lowest BCUT2D eigenvalue weighted by molar-refractivity contribution is 1.35. The minimum atomic E-state index is 0.999. The van der Waals surface area contributed by atoms with E-state index in [4.69, 9.17) is 4.99 Å². The molecule has 0 radical (unpaired) electrons. The summed E-state index contributed by atoms with van der Waals surface area (Å²) in [5.41, 5.74) is 17.9. The molecule has 6 aromatic rings. The number of hydrogen-bond donors (Lipinski definition) is 0. The molecule has 1 nitrogen and oxygen atoms in total. The number of rotatable bonds is 6. The van der Waals surface area contributed by atoms with E-state index < -0.39 is 0 Å². The summed E-state index contributed by atoms with van der Waals surface area (Å²) < 4.78 is 0. The molecular weight excluding hydrogens is 542 g/mol. The molecule has 0 atom stereocenters. The summed E-state index contributed by atoms with van der Waals surface area (Å²) in [5.74, 6) is 0. The molecule has 222 valence electrons. The van der Waals surface area contributed by atoms with E-state index in [1.54, 1.807) is 0 Å². The van der Waals surface area contributed by atoms with Crippen LogP contribution in [-0.4, -0.2) is 5.71 Å². The average molecular weight is 584 g/mol. The van der Waals surface area contributed by atoms with Gasteiger partial charge in [0.2, 0.25) is 0 Å². The Bertz CT molecular complexity index is 2050. The topological polar surface area (TPSA) is 12.4 Å². The Morgan fingerprint density at radius 2 is 0.933 bits per heavy atom. The van der Waals surface area contributed by atoms with Crippen molar-refractivity contribution in [1.29, 1.82) is 0 Å². The molecule has 6 rings (SSSR count). The molecule has 0 saturated carbocycles. The van der Waals surface area contributed by atoms with E-state index in [2.05, 4.69) is 170 Å². The van der Waals surface area contributed by atoms with E-state index in [-0.39, 0.29) is 0 Å². The largest absolute Gasteiger partial charge is 0.252 e. The number of nitrogens with zero attached hydrogens (tertiary/aromatic N) is 1. The zero-order valence-electron chi connectivity index (χ0n) is 27.5. The van der Waals surface area contributed by atoms with Gasteiger partial charge in [0.1, 0.15) is 0 Å². The van der Waals surface area contributed by atoms with Crippen molar-refractivity contribution in [3.8, 4) is 22.3 Å². The van der Waals surface area contributed by atoms with Crippen LogP contribution in [0, 0.1) is 41.5 Å². The maximum atomic E-state index is 5.48. The quantitative estimate of drug-likeness (QED) is 0.137. The summed E-state index contributed by atoms with van der Waals surface area (Å²) in [4.78, 5) is 5.48. The summed E-state index contributed by atoms with van der Waals surface area (Å²) in [7, 11) is 0. The number of aliphatic imine (C=N–C) groups is 1. The summed E-state index contributed by atoms with van der Waals surface area (Å²) in [6.45, 7) is 15.2. The van der Waals surface area contributed by atoms with Crippen LogP contribution >= 0.6 is 0 Å². The lowest BCUT2D eigenvalue weighted by Crippen LogP contribution is -1.98. The molecule has 0 spiro atoms. The fraction of sp³-hybridized carbons (Fsp3) is 0.159. The molecule has 0 saturated heterocycles. The van der Waals surface area contributed by atoms with Crippen molar-refractivity contribution in [1.82, 2.24) is 0 Å². The van der Waals surface area contributed by atoms with Gasteiger partial charge in [-0.2, -0.15) is 0 Å². The Morgan fingerprint density at radius 1 is 0.489 bits per heavy atom. The van der Waals surface area contributed by atoms with Gasteiger partial charge in [0, 0.05) is 11.3 Å². The minimum absolute atomic E-state index is 0.999. The standard InChI is InChI=1S/C44H41N/c1-28-12-14-35(15-13-28)16-17-36-18-20-37(21-19-36)34(7)45-44-33(6)42(38-24-29(2)22-30(3)25-38)40-10-8-9-11-41(40)43(44)39-26-31(4)23-32(5)27-39/h8-27H,1-7H3/b17-16+,45-34?. The summed E-state index contributed by atoms with van der Waals surface area (Å²) in [5, 5.41) is 2.49. The van der Waals surface area contributed by atoms with E-state index in [0.29, 0.717) is 0 Å². The molecule has 45 heavy (non-hydrogen) atoms. The molecule has 0 aliphatic carbocycles. The van der Waals surface area contributed by atoms with Crippen LogP contribution in [0.25, 0.3) is 45.2 Å². The average Bonchev–Trinajstić information content (AvgIpc) is 3.00. The maximum Gasteiger partial charge on any atom is 0.0753 e. The highest BCUT2D eigenvalue weighted by Crippen LogP contribution is 2.47. The predicted molar refractivity (Wildman–Crippen MR) is 197 cm³/mol. The van der Waals surface area contributed by atoms with Gasteiger partial charge in [0.05, 0.1) is 5.69 Å². The predicted octanol–water partition coefficient (Wildman–Crippen LogP) is 12.3. The summed E-state index contributed by atoms with van der Waals surface area (Å²) in [6, 6.07) is 39.9. The third-order valence-electron chi connectivity index (χ3n) is 8.61. The van der Waals surface area contributed by atoms with E-state index in [0.717, 1.165) is 17.0 Å². The van der Waals surface area contributed by atoms with Crippen LogP contribution in [0.3, 0.4) is 0 Å². The van der Waals surface area contributed by atoms with Crippen LogP contribution in [0.4, 0.5) is 5.69 Å². The third kappa shape index (κ3) is 6.44. The van der Waals surface area contributed by atoms with Gasteiger partial charge in [0.25, 0.3) is 0 Å². The second kappa shape index (κ2) is 12.5. The molecule has 0 aliphatic rings. The second-order valence-electron chi connectivity index (χ2n) is 12.6. The smallest absolute Gasteiger partial charge is 0.0753 e. The molecule has 0 heterocycles. The highest BCUT2D eigenvalue weighted by molar-refractivity contribution is 6.13. The molecule has 0 unspecified atom stereocenters. The molecular formula is C44H41N. The van der Waals surface area contributed by atoms with Crippen molar-refractivity contribution in [2.75, 3.05) is 0 Å². The molecule has 1 heteroatoms. The molecule has 0 aliphatic heterocycles. The molecule has 0 fully saturated rings.